The Bertz CT molecular complexity index is 505. The smallest absolute Gasteiger partial charge is 0.134 e. The number of furan rings is 1. The van der Waals surface area contributed by atoms with Crippen LogP contribution >= 0.6 is 11.6 Å². The lowest BCUT2D eigenvalue weighted by atomic mass is 10.2. The predicted molar refractivity (Wildman–Crippen MR) is 79.4 cm³/mol. The van der Waals surface area contributed by atoms with Gasteiger partial charge in [-0.2, -0.15) is 0 Å². The van der Waals surface area contributed by atoms with Crippen molar-refractivity contribution in [2.24, 2.45) is 0 Å². The van der Waals surface area contributed by atoms with Gasteiger partial charge in [-0.05, 0) is 50.5 Å². The zero-order valence-electron chi connectivity index (χ0n) is 11.3. The van der Waals surface area contributed by atoms with Crippen LogP contribution in [0.4, 0.5) is 0 Å². The third-order valence-electron chi connectivity index (χ3n) is 2.83. The van der Waals surface area contributed by atoms with E-state index in [0.717, 1.165) is 41.7 Å². The highest BCUT2D eigenvalue weighted by Crippen LogP contribution is 2.23. The molecule has 4 heteroatoms. The maximum absolute atomic E-state index is 5.87. The van der Waals surface area contributed by atoms with Crippen molar-refractivity contribution in [2.75, 3.05) is 27.2 Å². The van der Waals surface area contributed by atoms with Gasteiger partial charge in [-0.25, -0.2) is 0 Å². The normalized spacial score (nSPS) is 11.2. The first-order valence-electron chi connectivity index (χ1n) is 6.35. The fourth-order valence-corrected chi connectivity index (χ4v) is 1.88. The second-order valence-corrected chi connectivity index (χ2v) is 5.19. The van der Waals surface area contributed by atoms with E-state index in [4.69, 9.17) is 16.0 Å². The number of nitrogens with zero attached hydrogens (tertiary/aromatic N) is 1. The van der Waals surface area contributed by atoms with Crippen LogP contribution in [0.2, 0.25) is 5.02 Å². The molecule has 0 unspecified atom stereocenters. The largest absolute Gasteiger partial charge is 0.460 e. The van der Waals surface area contributed by atoms with Crippen molar-refractivity contribution in [3.8, 4) is 11.3 Å². The molecule has 1 aromatic heterocycles. The molecule has 19 heavy (non-hydrogen) atoms. The average molecular weight is 279 g/mol. The second kappa shape index (κ2) is 6.75. The van der Waals surface area contributed by atoms with Crippen LogP contribution in [0.3, 0.4) is 0 Å². The van der Waals surface area contributed by atoms with Crippen LogP contribution < -0.4 is 5.32 Å². The highest BCUT2D eigenvalue weighted by atomic mass is 35.5. The molecule has 0 aliphatic heterocycles. The molecule has 0 saturated heterocycles. The van der Waals surface area contributed by atoms with E-state index in [2.05, 4.69) is 24.3 Å². The third-order valence-corrected chi connectivity index (χ3v) is 3.08. The maximum Gasteiger partial charge on any atom is 0.134 e. The Balaban J connectivity index is 1.90. The van der Waals surface area contributed by atoms with E-state index in [0.29, 0.717) is 0 Å². The lowest BCUT2D eigenvalue weighted by molar-refractivity contribution is 0.392. The van der Waals surface area contributed by atoms with Crippen LogP contribution in [0.1, 0.15) is 5.76 Å². The van der Waals surface area contributed by atoms with Crippen molar-refractivity contribution >= 4 is 11.6 Å². The van der Waals surface area contributed by atoms with Crippen LogP contribution in [0.15, 0.2) is 40.8 Å². The standard InChI is InChI=1S/C15H19ClN2O/c1-18(2)10-9-17-11-14-7-8-15(19-14)12-3-5-13(16)6-4-12/h3-8,17H,9-11H2,1-2H3. The lowest BCUT2D eigenvalue weighted by Crippen LogP contribution is -2.25. The Morgan fingerprint density at radius 3 is 2.53 bits per heavy atom. The molecule has 0 spiro atoms. The minimum atomic E-state index is 0.737. The molecule has 0 radical (unpaired) electrons. The van der Waals surface area contributed by atoms with E-state index in [-0.39, 0.29) is 0 Å². The van der Waals surface area contributed by atoms with Gasteiger partial charge < -0.3 is 14.6 Å². The summed E-state index contributed by atoms with van der Waals surface area (Å²) in [6.45, 7) is 2.72. The summed E-state index contributed by atoms with van der Waals surface area (Å²) < 4.78 is 5.80. The van der Waals surface area contributed by atoms with Gasteiger partial charge >= 0.3 is 0 Å². The molecular weight excluding hydrogens is 260 g/mol. The summed E-state index contributed by atoms with van der Waals surface area (Å²) in [6, 6.07) is 11.7. The third kappa shape index (κ3) is 4.39. The first-order chi connectivity index (χ1) is 9.15. The van der Waals surface area contributed by atoms with Gasteiger partial charge in [-0.1, -0.05) is 11.6 Å². The van der Waals surface area contributed by atoms with Gasteiger partial charge in [-0.15, -0.1) is 0 Å². The molecule has 0 bridgehead atoms. The highest BCUT2D eigenvalue weighted by Gasteiger charge is 2.04. The molecule has 0 amide bonds. The van der Waals surface area contributed by atoms with Crippen LogP contribution in [0.25, 0.3) is 11.3 Å². The molecule has 102 valence electrons. The Morgan fingerprint density at radius 2 is 1.84 bits per heavy atom. The predicted octanol–water partition coefficient (Wildman–Crippen LogP) is 3.25. The van der Waals surface area contributed by atoms with Crippen LogP contribution in [-0.4, -0.2) is 32.1 Å². The van der Waals surface area contributed by atoms with E-state index in [1.165, 1.54) is 0 Å². The number of halogens is 1. The average Bonchev–Trinajstić information content (AvgIpc) is 2.84. The van der Waals surface area contributed by atoms with Crippen molar-refractivity contribution in [3.63, 3.8) is 0 Å². The molecule has 1 N–H and O–H groups in total. The van der Waals surface area contributed by atoms with Crippen molar-refractivity contribution in [1.82, 2.24) is 10.2 Å². The molecule has 2 aromatic rings. The number of hydrogen-bond donors (Lipinski definition) is 1. The summed E-state index contributed by atoms with van der Waals surface area (Å²) in [6.07, 6.45) is 0. The van der Waals surface area contributed by atoms with Crippen molar-refractivity contribution in [2.45, 2.75) is 6.54 Å². The van der Waals surface area contributed by atoms with E-state index in [1.54, 1.807) is 0 Å². The number of benzene rings is 1. The minimum absolute atomic E-state index is 0.737. The summed E-state index contributed by atoms with van der Waals surface area (Å²) in [4.78, 5) is 2.15. The first kappa shape index (κ1) is 14.1. The van der Waals surface area contributed by atoms with Gasteiger partial charge in [0.2, 0.25) is 0 Å². The summed E-state index contributed by atoms with van der Waals surface area (Å²) >= 11 is 5.87. The topological polar surface area (TPSA) is 28.4 Å². The van der Waals surface area contributed by atoms with Crippen molar-refractivity contribution in [1.29, 1.82) is 0 Å². The van der Waals surface area contributed by atoms with E-state index in [1.807, 2.05) is 36.4 Å². The molecule has 0 atom stereocenters. The van der Waals surface area contributed by atoms with Crippen LogP contribution in [-0.2, 0) is 6.54 Å². The second-order valence-electron chi connectivity index (χ2n) is 4.75. The van der Waals surface area contributed by atoms with Gasteiger partial charge in [0.15, 0.2) is 0 Å². The molecule has 0 aliphatic rings. The van der Waals surface area contributed by atoms with Crippen molar-refractivity contribution < 1.29 is 4.42 Å². The van der Waals surface area contributed by atoms with Crippen molar-refractivity contribution in [3.05, 3.63) is 47.2 Å². The first-order valence-corrected chi connectivity index (χ1v) is 6.73. The Kier molecular flexibility index (Phi) is 5.02. The summed E-state index contributed by atoms with van der Waals surface area (Å²) in [7, 11) is 4.13. The molecule has 1 aromatic carbocycles. The summed E-state index contributed by atoms with van der Waals surface area (Å²) in [5.41, 5.74) is 1.05. The number of likely N-dealkylation sites (N-methyl/N-ethyl adjacent to an activating group) is 1. The van der Waals surface area contributed by atoms with Gasteiger partial charge in [0, 0.05) is 23.7 Å². The van der Waals surface area contributed by atoms with Gasteiger partial charge in [0.25, 0.3) is 0 Å². The summed E-state index contributed by atoms with van der Waals surface area (Å²) in [5, 5.41) is 4.09. The van der Waals surface area contributed by atoms with E-state index >= 15 is 0 Å². The van der Waals surface area contributed by atoms with Gasteiger partial charge in [-0.3, -0.25) is 0 Å². The SMILES string of the molecule is CN(C)CCNCc1ccc(-c2ccc(Cl)cc2)o1. The Labute approximate surface area is 119 Å². The fraction of sp³-hybridized carbons (Fsp3) is 0.333. The van der Waals surface area contributed by atoms with E-state index in [9.17, 15) is 0 Å². The van der Waals surface area contributed by atoms with Crippen LogP contribution in [0.5, 0.6) is 0 Å². The maximum atomic E-state index is 5.87. The van der Waals surface area contributed by atoms with Gasteiger partial charge in [0.05, 0.1) is 6.54 Å². The molecule has 2 rings (SSSR count). The Hall–Kier alpha value is -1.29. The lowest BCUT2D eigenvalue weighted by Gasteiger charge is -2.09. The van der Waals surface area contributed by atoms with Crippen LogP contribution in [0, 0.1) is 0 Å². The summed E-state index contributed by atoms with van der Waals surface area (Å²) in [5.74, 6) is 1.82. The highest BCUT2D eigenvalue weighted by molar-refractivity contribution is 6.30. The molecule has 1 heterocycles. The molecule has 0 saturated carbocycles. The number of rotatable bonds is 6. The number of hydrogen-bond acceptors (Lipinski definition) is 3. The number of nitrogens with one attached hydrogen (secondary N) is 1. The fourth-order valence-electron chi connectivity index (χ4n) is 1.76. The monoisotopic (exact) mass is 278 g/mol. The quantitative estimate of drug-likeness (QED) is 0.822. The van der Waals surface area contributed by atoms with E-state index < -0.39 is 0 Å². The zero-order valence-corrected chi connectivity index (χ0v) is 12.1. The zero-order chi connectivity index (χ0) is 13.7. The van der Waals surface area contributed by atoms with Gasteiger partial charge in [0.1, 0.15) is 11.5 Å². The Morgan fingerprint density at radius 1 is 1.11 bits per heavy atom. The molecule has 0 aliphatic carbocycles. The molecular formula is C15H19ClN2O. The molecule has 0 fully saturated rings. The molecule has 3 nitrogen and oxygen atoms in total. The minimum Gasteiger partial charge on any atom is -0.460 e.